The van der Waals surface area contributed by atoms with Crippen LogP contribution in [0.4, 0.5) is 0 Å². The molecule has 0 bridgehead atoms. The molecular formula is C13H18O5. The lowest BCUT2D eigenvalue weighted by Gasteiger charge is -2.08. The highest BCUT2D eigenvalue weighted by Gasteiger charge is 2.11. The van der Waals surface area contributed by atoms with Gasteiger partial charge >= 0.3 is 0 Å². The van der Waals surface area contributed by atoms with Crippen LogP contribution < -0.4 is 4.74 Å². The summed E-state index contributed by atoms with van der Waals surface area (Å²) < 4.78 is 15.3. The molecule has 1 aromatic rings. The van der Waals surface area contributed by atoms with Gasteiger partial charge in [-0.15, -0.1) is 0 Å². The molecule has 1 rings (SSSR count). The Hall–Kier alpha value is -1.43. The number of Topliss-reactive ketones (excluding diaryl/α,β-unsaturated/α-hetero) is 1. The van der Waals surface area contributed by atoms with Crippen molar-refractivity contribution in [3.05, 3.63) is 29.8 Å². The second-order valence-corrected chi connectivity index (χ2v) is 3.73. The smallest absolute Gasteiger partial charge is 0.190 e. The second-order valence-electron chi connectivity index (χ2n) is 3.73. The quantitative estimate of drug-likeness (QED) is 0.429. The van der Waals surface area contributed by atoms with Gasteiger partial charge in [0.25, 0.3) is 0 Å². The van der Waals surface area contributed by atoms with E-state index < -0.39 is 6.10 Å². The van der Waals surface area contributed by atoms with E-state index in [4.69, 9.17) is 19.3 Å². The van der Waals surface area contributed by atoms with Gasteiger partial charge in [-0.25, -0.2) is 0 Å². The minimum atomic E-state index is -0.992. The fourth-order valence-corrected chi connectivity index (χ4v) is 1.27. The zero-order chi connectivity index (χ0) is 13.4. The van der Waals surface area contributed by atoms with Crippen molar-refractivity contribution in [3.63, 3.8) is 0 Å². The first kappa shape index (κ1) is 14.6. The van der Waals surface area contributed by atoms with E-state index in [2.05, 4.69) is 0 Å². The number of carbonyl (C=O) groups excluding carboxylic acids is 1. The van der Waals surface area contributed by atoms with E-state index in [9.17, 15) is 4.79 Å². The molecule has 0 aliphatic carbocycles. The Bertz CT molecular complexity index is 358. The minimum Gasteiger partial charge on any atom is -0.468 e. The van der Waals surface area contributed by atoms with E-state index in [1.807, 2.05) is 0 Å². The van der Waals surface area contributed by atoms with E-state index in [1.54, 1.807) is 31.4 Å². The summed E-state index contributed by atoms with van der Waals surface area (Å²) in [5, 5.41) is 9.15. The molecule has 0 amide bonds. The average molecular weight is 254 g/mol. The Morgan fingerprint density at radius 1 is 1.28 bits per heavy atom. The van der Waals surface area contributed by atoms with Gasteiger partial charge in [-0.1, -0.05) is 0 Å². The SMILES string of the molecule is COCCOCOc1ccc(C(=O)[C@H](C)O)cc1. The number of methoxy groups -OCH3 is 1. The number of hydrogen-bond acceptors (Lipinski definition) is 5. The predicted molar refractivity (Wildman–Crippen MR) is 65.8 cm³/mol. The molecule has 18 heavy (non-hydrogen) atoms. The van der Waals surface area contributed by atoms with Crippen molar-refractivity contribution in [2.75, 3.05) is 27.1 Å². The van der Waals surface area contributed by atoms with Crippen LogP contribution in [-0.2, 0) is 9.47 Å². The second kappa shape index (κ2) is 7.81. The van der Waals surface area contributed by atoms with Crippen molar-refractivity contribution in [2.45, 2.75) is 13.0 Å². The number of benzene rings is 1. The van der Waals surface area contributed by atoms with Gasteiger partial charge in [0.15, 0.2) is 12.6 Å². The van der Waals surface area contributed by atoms with Gasteiger partial charge in [0, 0.05) is 12.7 Å². The van der Waals surface area contributed by atoms with Crippen LogP contribution in [0.15, 0.2) is 24.3 Å². The lowest BCUT2D eigenvalue weighted by Crippen LogP contribution is -2.15. The summed E-state index contributed by atoms with van der Waals surface area (Å²) in [5.41, 5.74) is 0.456. The molecular weight excluding hydrogens is 236 g/mol. The summed E-state index contributed by atoms with van der Waals surface area (Å²) >= 11 is 0. The third kappa shape index (κ3) is 4.83. The van der Waals surface area contributed by atoms with Crippen molar-refractivity contribution in [1.82, 2.24) is 0 Å². The van der Waals surface area contributed by atoms with Gasteiger partial charge in [0.05, 0.1) is 13.2 Å². The summed E-state index contributed by atoms with van der Waals surface area (Å²) in [6.45, 7) is 2.56. The van der Waals surface area contributed by atoms with E-state index in [0.29, 0.717) is 24.5 Å². The molecule has 100 valence electrons. The first-order valence-corrected chi connectivity index (χ1v) is 5.67. The van der Waals surface area contributed by atoms with Crippen molar-refractivity contribution in [2.24, 2.45) is 0 Å². The maximum Gasteiger partial charge on any atom is 0.190 e. The zero-order valence-electron chi connectivity index (χ0n) is 10.6. The molecule has 1 aromatic carbocycles. The Balaban J connectivity index is 2.38. The molecule has 1 N–H and O–H groups in total. The highest BCUT2D eigenvalue weighted by Crippen LogP contribution is 2.13. The van der Waals surface area contributed by atoms with Gasteiger partial charge < -0.3 is 19.3 Å². The molecule has 0 saturated carbocycles. The van der Waals surface area contributed by atoms with Crippen molar-refractivity contribution in [3.8, 4) is 5.75 Å². The molecule has 0 unspecified atom stereocenters. The monoisotopic (exact) mass is 254 g/mol. The standard InChI is InChI=1S/C13H18O5/c1-10(14)13(15)11-3-5-12(6-4-11)18-9-17-8-7-16-2/h3-6,10,14H,7-9H2,1-2H3/t10-/m0/s1. The molecule has 0 saturated heterocycles. The average Bonchev–Trinajstić information content (AvgIpc) is 2.38. The topological polar surface area (TPSA) is 65.0 Å². The number of aliphatic hydroxyl groups is 1. The van der Waals surface area contributed by atoms with Gasteiger partial charge in [-0.2, -0.15) is 0 Å². The molecule has 0 aliphatic rings. The van der Waals surface area contributed by atoms with E-state index in [0.717, 1.165) is 0 Å². The van der Waals surface area contributed by atoms with E-state index >= 15 is 0 Å². The summed E-state index contributed by atoms with van der Waals surface area (Å²) in [6, 6.07) is 6.55. The first-order chi connectivity index (χ1) is 8.65. The number of aliphatic hydroxyl groups excluding tert-OH is 1. The summed E-state index contributed by atoms with van der Waals surface area (Å²) in [5.74, 6) is 0.299. The zero-order valence-corrected chi connectivity index (χ0v) is 10.6. The number of ether oxygens (including phenoxy) is 3. The van der Waals surface area contributed by atoms with Crippen molar-refractivity contribution >= 4 is 5.78 Å². The summed E-state index contributed by atoms with van der Waals surface area (Å²) in [4.78, 5) is 11.5. The number of ketones is 1. The van der Waals surface area contributed by atoms with Crippen LogP contribution in [0.5, 0.6) is 5.75 Å². The molecule has 5 heteroatoms. The van der Waals surface area contributed by atoms with Gasteiger partial charge in [0.2, 0.25) is 0 Å². The summed E-state index contributed by atoms with van der Waals surface area (Å²) in [7, 11) is 1.60. The van der Waals surface area contributed by atoms with Crippen LogP contribution in [0.2, 0.25) is 0 Å². The Labute approximate surface area is 106 Å². The lowest BCUT2D eigenvalue weighted by molar-refractivity contribution is -0.00847. The third-order valence-electron chi connectivity index (χ3n) is 2.26. The molecule has 0 radical (unpaired) electrons. The van der Waals surface area contributed by atoms with Gasteiger partial charge in [0.1, 0.15) is 11.9 Å². The maximum atomic E-state index is 11.5. The van der Waals surface area contributed by atoms with Gasteiger partial charge in [-0.3, -0.25) is 4.79 Å². The Morgan fingerprint density at radius 2 is 1.94 bits per heavy atom. The molecule has 0 spiro atoms. The normalized spacial score (nSPS) is 12.2. The van der Waals surface area contributed by atoms with Crippen LogP contribution in [-0.4, -0.2) is 44.1 Å². The van der Waals surface area contributed by atoms with Crippen LogP contribution in [0.25, 0.3) is 0 Å². The largest absolute Gasteiger partial charge is 0.468 e. The molecule has 0 aromatic heterocycles. The number of hydrogen-bond donors (Lipinski definition) is 1. The lowest BCUT2D eigenvalue weighted by atomic mass is 10.1. The highest BCUT2D eigenvalue weighted by molar-refractivity contribution is 5.99. The Morgan fingerprint density at radius 3 is 2.50 bits per heavy atom. The minimum absolute atomic E-state index is 0.132. The van der Waals surface area contributed by atoms with Crippen molar-refractivity contribution in [1.29, 1.82) is 0 Å². The van der Waals surface area contributed by atoms with Crippen LogP contribution in [0.3, 0.4) is 0 Å². The fraction of sp³-hybridized carbons (Fsp3) is 0.462. The van der Waals surface area contributed by atoms with E-state index in [1.165, 1.54) is 6.92 Å². The third-order valence-corrected chi connectivity index (χ3v) is 2.26. The van der Waals surface area contributed by atoms with Gasteiger partial charge in [-0.05, 0) is 31.2 Å². The summed E-state index contributed by atoms with van der Waals surface area (Å²) in [6.07, 6.45) is -0.992. The molecule has 1 atom stereocenters. The number of carbonyl (C=O) groups is 1. The van der Waals surface area contributed by atoms with Crippen LogP contribution in [0, 0.1) is 0 Å². The molecule has 5 nitrogen and oxygen atoms in total. The van der Waals surface area contributed by atoms with Crippen LogP contribution >= 0.6 is 0 Å². The molecule has 0 aliphatic heterocycles. The molecule has 0 heterocycles. The first-order valence-electron chi connectivity index (χ1n) is 5.67. The molecule has 0 fully saturated rings. The number of rotatable bonds is 8. The van der Waals surface area contributed by atoms with Crippen molar-refractivity contribution < 1.29 is 24.1 Å². The highest BCUT2D eigenvalue weighted by atomic mass is 16.7. The fourth-order valence-electron chi connectivity index (χ4n) is 1.27. The van der Waals surface area contributed by atoms with Crippen LogP contribution in [0.1, 0.15) is 17.3 Å². The Kier molecular flexibility index (Phi) is 6.35. The van der Waals surface area contributed by atoms with E-state index in [-0.39, 0.29) is 12.6 Å². The maximum absolute atomic E-state index is 11.5. The predicted octanol–water partition coefficient (Wildman–Crippen LogP) is 1.25.